The highest BCUT2D eigenvalue weighted by molar-refractivity contribution is 7.92. The van der Waals surface area contributed by atoms with E-state index in [0.717, 1.165) is 22.7 Å². The highest BCUT2D eigenvalue weighted by Crippen LogP contribution is 2.32. The lowest BCUT2D eigenvalue weighted by molar-refractivity contribution is -0.140. The number of amides is 2. The molecule has 8 nitrogen and oxygen atoms in total. The van der Waals surface area contributed by atoms with Gasteiger partial charge in [0.15, 0.2) is 0 Å². The largest absolute Gasteiger partial charge is 0.495 e. The van der Waals surface area contributed by atoms with Gasteiger partial charge in [0.05, 0.1) is 22.7 Å². The average Bonchev–Trinajstić information content (AvgIpc) is 3.06. The molecule has 0 fully saturated rings. The van der Waals surface area contributed by atoms with Crippen LogP contribution in [0.25, 0.3) is 0 Å². The summed E-state index contributed by atoms with van der Waals surface area (Å²) >= 11 is 6.40. The molecule has 46 heavy (non-hydrogen) atoms. The van der Waals surface area contributed by atoms with Gasteiger partial charge in [0.25, 0.3) is 10.0 Å². The quantitative estimate of drug-likeness (QED) is 0.152. The van der Waals surface area contributed by atoms with Crippen LogP contribution < -0.4 is 14.4 Å². The van der Waals surface area contributed by atoms with E-state index in [1.165, 1.54) is 60.5 Å². The van der Waals surface area contributed by atoms with Crippen LogP contribution in [0.3, 0.4) is 0 Å². The molecule has 0 radical (unpaired) electrons. The van der Waals surface area contributed by atoms with Crippen molar-refractivity contribution in [3.8, 4) is 5.75 Å². The number of halogens is 2. The van der Waals surface area contributed by atoms with Crippen molar-refractivity contribution in [2.24, 2.45) is 0 Å². The van der Waals surface area contributed by atoms with Crippen LogP contribution in [0, 0.1) is 5.82 Å². The van der Waals surface area contributed by atoms with E-state index < -0.39 is 40.2 Å². The summed E-state index contributed by atoms with van der Waals surface area (Å²) in [6.45, 7) is 1.42. The topological polar surface area (TPSA) is 96.0 Å². The fraction of sp³-hybridized carbons (Fsp3) is 0.257. The maximum Gasteiger partial charge on any atom is 0.264 e. The fourth-order valence-corrected chi connectivity index (χ4v) is 6.61. The van der Waals surface area contributed by atoms with Crippen molar-refractivity contribution in [3.05, 3.63) is 125 Å². The lowest BCUT2D eigenvalue weighted by atomic mass is 10.0. The van der Waals surface area contributed by atoms with Crippen LogP contribution in [-0.4, -0.2) is 51.4 Å². The first-order chi connectivity index (χ1) is 22.1. The number of nitrogens with one attached hydrogen (secondary N) is 1. The summed E-state index contributed by atoms with van der Waals surface area (Å²) < 4.78 is 49.4. The molecule has 242 valence electrons. The van der Waals surface area contributed by atoms with E-state index >= 15 is 4.39 Å². The number of nitrogens with zero attached hydrogens (tertiary/aromatic N) is 2. The molecule has 0 spiro atoms. The number of ether oxygens (including phenoxy) is 1. The number of carbonyl (C=O) groups excluding carboxylic acids is 2. The molecular formula is C35H37ClFN3O5S. The number of rotatable bonds is 15. The Morgan fingerprint density at radius 1 is 0.935 bits per heavy atom. The predicted octanol–water partition coefficient (Wildman–Crippen LogP) is 6.24. The summed E-state index contributed by atoms with van der Waals surface area (Å²) in [7, 11) is -2.88. The molecule has 2 amide bonds. The minimum atomic E-state index is -4.31. The Morgan fingerprint density at radius 2 is 1.59 bits per heavy atom. The van der Waals surface area contributed by atoms with Crippen molar-refractivity contribution in [1.82, 2.24) is 10.2 Å². The Balaban J connectivity index is 1.81. The average molecular weight is 666 g/mol. The second-order valence-corrected chi connectivity index (χ2v) is 12.9. The normalized spacial score (nSPS) is 11.8. The molecule has 0 aromatic heterocycles. The molecule has 0 heterocycles. The molecule has 4 aromatic rings. The number of hydrogen-bond donors (Lipinski definition) is 1. The molecule has 0 saturated heterocycles. The van der Waals surface area contributed by atoms with E-state index in [4.69, 9.17) is 16.3 Å². The first-order valence-electron chi connectivity index (χ1n) is 14.9. The highest BCUT2D eigenvalue weighted by Gasteiger charge is 2.35. The lowest BCUT2D eigenvalue weighted by Gasteiger charge is -2.34. The smallest absolute Gasteiger partial charge is 0.264 e. The predicted molar refractivity (Wildman–Crippen MR) is 178 cm³/mol. The van der Waals surface area contributed by atoms with E-state index in [1.54, 1.807) is 24.3 Å². The standard InChI is InChI=1S/C35H37ClFN3O5S/c1-3-4-21-38-35(42)32(22-26-13-7-5-8-14-26)39(24-27-15-11-12-18-31(27)37)34(41)25-40(28-19-20-33(45-2)30(36)23-28)46(43,44)29-16-9-6-10-17-29/h5-20,23,32H,3-4,21-22,24-25H2,1-2H3,(H,38,42)/t32-/m1/s1. The number of methoxy groups -OCH3 is 1. The Labute approximate surface area is 274 Å². The highest BCUT2D eigenvalue weighted by atomic mass is 35.5. The van der Waals surface area contributed by atoms with Crippen molar-refractivity contribution < 1.29 is 27.1 Å². The zero-order valence-corrected chi connectivity index (χ0v) is 27.3. The van der Waals surface area contributed by atoms with Gasteiger partial charge in [0.1, 0.15) is 24.2 Å². The minimum absolute atomic E-state index is 0.0476. The number of carbonyl (C=O) groups is 2. The van der Waals surface area contributed by atoms with Crippen LogP contribution in [0.5, 0.6) is 5.75 Å². The monoisotopic (exact) mass is 665 g/mol. The molecule has 0 aliphatic rings. The van der Waals surface area contributed by atoms with Gasteiger partial charge in [-0.2, -0.15) is 0 Å². The molecule has 4 rings (SSSR count). The second-order valence-electron chi connectivity index (χ2n) is 10.6. The lowest BCUT2D eigenvalue weighted by Crippen LogP contribution is -2.53. The first-order valence-corrected chi connectivity index (χ1v) is 16.7. The van der Waals surface area contributed by atoms with Gasteiger partial charge in [-0.1, -0.05) is 91.7 Å². The van der Waals surface area contributed by atoms with E-state index in [2.05, 4.69) is 5.32 Å². The van der Waals surface area contributed by atoms with Gasteiger partial charge in [0, 0.05) is 25.1 Å². The Hall–Kier alpha value is -4.41. The third-order valence-electron chi connectivity index (χ3n) is 7.43. The summed E-state index contributed by atoms with van der Waals surface area (Å²) in [6.07, 6.45) is 1.70. The maximum absolute atomic E-state index is 15.0. The van der Waals surface area contributed by atoms with E-state index in [0.29, 0.717) is 12.3 Å². The second kappa shape index (κ2) is 16.2. The van der Waals surface area contributed by atoms with Gasteiger partial charge in [-0.25, -0.2) is 12.8 Å². The first kappa shape index (κ1) is 34.5. The van der Waals surface area contributed by atoms with Gasteiger partial charge in [0.2, 0.25) is 11.8 Å². The third kappa shape index (κ3) is 8.64. The molecule has 1 atom stereocenters. The summed E-state index contributed by atoms with van der Waals surface area (Å²) in [4.78, 5) is 29.4. The fourth-order valence-electron chi connectivity index (χ4n) is 4.93. The maximum atomic E-state index is 15.0. The van der Waals surface area contributed by atoms with Gasteiger partial charge in [-0.15, -0.1) is 0 Å². The SMILES string of the molecule is CCCCNC(=O)[C@@H](Cc1ccccc1)N(Cc1ccccc1F)C(=O)CN(c1ccc(OC)c(Cl)c1)S(=O)(=O)c1ccccc1. The van der Waals surface area contributed by atoms with Gasteiger partial charge >= 0.3 is 0 Å². The van der Waals surface area contributed by atoms with Crippen LogP contribution in [0.2, 0.25) is 5.02 Å². The van der Waals surface area contributed by atoms with Crippen molar-refractivity contribution in [2.75, 3.05) is 24.5 Å². The molecule has 4 aromatic carbocycles. The minimum Gasteiger partial charge on any atom is -0.495 e. The molecule has 0 bridgehead atoms. The van der Waals surface area contributed by atoms with Gasteiger partial charge < -0.3 is 15.0 Å². The number of benzene rings is 4. The van der Waals surface area contributed by atoms with Crippen molar-refractivity contribution in [2.45, 2.75) is 43.7 Å². The van der Waals surface area contributed by atoms with Crippen LogP contribution in [0.1, 0.15) is 30.9 Å². The Bertz CT molecular complexity index is 1720. The molecule has 0 saturated carbocycles. The van der Waals surface area contributed by atoms with E-state index in [9.17, 15) is 18.0 Å². The summed E-state index contributed by atoms with van der Waals surface area (Å²) in [5.41, 5.74) is 1.07. The molecular weight excluding hydrogens is 629 g/mol. The molecule has 0 aliphatic heterocycles. The van der Waals surface area contributed by atoms with Crippen LogP contribution in [-0.2, 0) is 32.6 Å². The number of unbranched alkanes of at least 4 members (excludes halogenated alkanes) is 1. The molecule has 1 N–H and O–H groups in total. The van der Waals surface area contributed by atoms with Crippen LogP contribution >= 0.6 is 11.6 Å². The van der Waals surface area contributed by atoms with Gasteiger partial charge in [-0.3, -0.25) is 13.9 Å². The summed E-state index contributed by atoms with van der Waals surface area (Å²) in [5, 5.41) is 3.05. The summed E-state index contributed by atoms with van der Waals surface area (Å²) in [5.74, 6) is -1.37. The molecule has 0 unspecified atom stereocenters. The van der Waals surface area contributed by atoms with Crippen molar-refractivity contribution in [3.63, 3.8) is 0 Å². The third-order valence-corrected chi connectivity index (χ3v) is 9.52. The summed E-state index contributed by atoms with van der Waals surface area (Å²) in [6, 6.07) is 26.1. The Morgan fingerprint density at radius 3 is 2.22 bits per heavy atom. The van der Waals surface area contributed by atoms with E-state index in [-0.39, 0.29) is 34.1 Å². The van der Waals surface area contributed by atoms with Crippen molar-refractivity contribution >= 4 is 39.1 Å². The van der Waals surface area contributed by atoms with Crippen LogP contribution in [0.4, 0.5) is 10.1 Å². The van der Waals surface area contributed by atoms with Crippen LogP contribution in [0.15, 0.2) is 108 Å². The number of sulfonamides is 1. The van der Waals surface area contributed by atoms with Gasteiger partial charge in [-0.05, 0) is 48.4 Å². The molecule has 0 aliphatic carbocycles. The number of hydrogen-bond acceptors (Lipinski definition) is 5. The zero-order valence-electron chi connectivity index (χ0n) is 25.7. The molecule has 11 heteroatoms. The Kier molecular flexibility index (Phi) is 12.2. The number of anilines is 1. The van der Waals surface area contributed by atoms with Crippen molar-refractivity contribution in [1.29, 1.82) is 0 Å². The van der Waals surface area contributed by atoms with E-state index in [1.807, 2.05) is 37.3 Å². The zero-order chi connectivity index (χ0) is 33.1.